The van der Waals surface area contributed by atoms with E-state index in [1.807, 2.05) is 36.4 Å². The zero-order valence-corrected chi connectivity index (χ0v) is 16.9. The number of non-ortho nitro benzene ring substituents is 1. The van der Waals surface area contributed by atoms with Gasteiger partial charge in [-0.05, 0) is 23.3 Å². The number of rotatable bonds is 8. The van der Waals surface area contributed by atoms with Crippen LogP contribution in [0.3, 0.4) is 0 Å². The zero-order chi connectivity index (χ0) is 23.1. The number of benzene rings is 3. The maximum Gasteiger partial charge on any atom is 0.280 e. The fourth-order valence-electron chi connectivity index (χ4n) is 2.97. The molecule has 0 unspecified atom stereocenters. The number of nitro groups is 2. The fourth-order valence-corrected chi connectivity index (χ4v) is 2.97. The number of ether oxygens (including phenoxy) is 2. The highest BCUT2D eigenvalue weighted by atomic mass is 16.6. The second-order valence-corrected chi connectivity index (χ2v) is 6.57. The molecule has 0 radical (unpaired) electrons. The molecule has 0 aliphatic rings. The number of hydrogen-bond donors (Lipinski definition) is 0. The van der Waals surface area contributed by atoms with E-state index in [9.17, 15) is 25.5 Å². The third-order valence-electron chi connectivity index (χ3n) is 4.54. The Morgan fingerprint density at radius 2 is 1.75 bits per heavy atom. The van der Waals surface area contributed by atoms with Crippen molar-refractivity contribution in [1.29, 1.82) is 5.26 Å². The third-order valence-corrected chi connectivity index (χ3v) is 4.54. The van der Waals surface area contributed by atoms with Crippen LogP contribution in [0, 0.1) is 31.6 Å². The molecule has 160 valence electrons. The normalized spacial score (nSPS) is 10.8. The number of nitriles is 1. The van der Waals surface area contributed by atoms with Crippen LogP contribution < -0.4 is 9.47 Å². The Morgan fingerprint density at radius 1 is 1.00 bits per heavy atom. The minimum absolute atomic E-state index is 0.0248. The molecule has 0 atom stereocenters. The van der Waals surface area contributed by atoms with Gasteiger partial charge in [-0.3, -0.25) is 20.2 Å². The second-order valence-electron chi connectivity index (χ2n) is 6.57. The molecule has 9 heteroatoms. The first-order valence-corrected chi connectivity index (χ1v) is 9.32. The molecule has 3 aromatic carbocycles. The highest BCUT2D eigenvalue weighted by Gasteiger charge is 2.20. The summed E-state index contributed by atoms with van der Waals surface area (Å²) in [5, 5.41) is 32.3. The van der Waals surface area contributed by atoms with E-state index in [1.165, 1.54) is 49.6 Å². The first-order valence-electron chi connectivity index (χ1n) is 9.32. The van der Waals surface area contributed by atoms with Crippen LogP contribution in [-0.4, -0.2) is 17.0 Å². The molecule has 0 amide bonds. The first kappa shape index (κ1) is 22.0. The molecule has 0 heterocycles. The molecule has 0 spiro atoms. The lowest BCUT2D eigenvalue weighted by Gasteiger charge is -2.12. The van der Waals surface area contributed by atoms with Crippen molar-refractivity contribution in [3.8, 4) is 17.6 Å². The van der Waals surface area contributed by atoms with Crippen LogP contribution in [0.15, 0.2) is 66.7 Å². The number of nitro benzene ring substituents is 2. The molecule has 3 rings (SSSR count). The van der Waals surface area contributed by atoms with Crippen LogP contribution in [0.5, 0.6) is 11.5 Å². The van der Waals surface area contributed by atoms with E-state index in [2.05, 4.69) is 0 Å². The first-order chi connectivity index (χ1) is 15.4. The van der Waals surface area contributed by atoms with Gasteiger partial charge in [0, 0.05) is 12.1 Å². The van der Waals surface area contributed by atoms with E-state index < -0.39 is 9.85 Å². The number of methoxy groups -OCH3 is 1. The van der Waals surface area contributed by atoms with Gasteiger partial charge in [-0.1, -0.05) is 42.5 Å². The lowest BCUT2D eigenvalue weighted by atomic mass is 10.0. The molecular weight excluding hydrogens is 414 g/mol. The Bertz CT molecular complexity index is 1230. The van der Waals surface area contributed by atoms with E-state index in [4.69, 9.17) is 9.47 Å². The van der Waals surface area contributed by atoms with Gasteiger partial charge in [0.1, 0.15) is 6.61 Å². The van der Waals surface area contributed by atoms with E-state index >= 15 is 0 Å². The lowest BCUT2D eigenvalue weighted by molar-refractivity contribution is -0.385. The predicted molar refractivity (Wildman–Crippen MR) is 117 cm³/mol. The summed E-state index contributed by atoms with van der Waals surface area (Å²) in [5.41, 5.74) is 0.768. The summed E-state index contributed by atoms with van der Waals surface area (Å²) in [6, 6.07) is 19.3. The van der Waals surface area contributed by atoms with Crippen LogP contribution in [0.2, 0.25) is 0 Å². The topological polar surface area (TPSA) is 129 Å². The van der Waals surface area contributed by atoms with Crippen molar-refractivity contribution in [2.24, 2.45) is 0 Å². The molecule has 0 aromatic heterocycles. The van der Waals surface area contributed by atoms with Crippen molar-refractivity contribution >= 4 is 23.0 Å². The minimum Gasteiger partial charge on any atom is -0.493 e. The molecule has 0 aliphatic carbocycles. The summed E-state index contributed by atoms with van der Waals surface area (Å²) in [5.74, 6) is 0.420. The van der Waals surface area contributed by atoms with Crippen molar-refractivity contribution in [2.75, 3.05) is 7.11 Å². The van der Waals surface area contributed by atoms with E-state index in [0.29, 0.717) is 0 Å². The van der Waals surface area contributed by atoms with Crippen LogP contribution in [-0.2, 0) is 6.61 Å². The minimum atomic E-state index is -0.594. The predicted octanol–water partition coefficient (Wildman–Crippen LogP) is 5.15. The summed E-state index contributed by atoms with van der Waals surface area (Å²) in [6.45, 7) is 0.181. The molecule has 0 fully saturated rings. The van der Waals surface area contributed by atoms with Gasteiger partial charge in [0.25, 0.3) is 11.4 Å². The summed E-state index contributed by atoms with van der Waals surface area (Å²) < 4.78 is 11.1. The molecule has 9 nitrogen and oxygen atoms in total. The van der Waals surface area contributed by atoms with Gasteiger partial charge < -0.3 is 9.47 Å². The Labute approximate surface area is 183 Å². The zero-order valence-electron chi connectivity index (χ0n) is 16.9. The summed E-state index contributed by atoms with van der Waals surface area (Å²) in [4.78, 5) is 21.6. The van der Waals surface area contributed by atoms with Crippen molar-refractivity contribution in [2.45, 2.75) is 6.61 Å². The Morgan fingerprint density at radius 3 is 2.38 bits per heavy atom. The molecule has 32 heavy (non-hydrogen) atoms. The average molecular weight is 431 g/mol. The Balaban J connectivity index is 2.03. The quantitative estimate of drug-likeness (QED) is 0.209. The molecular formula is C23H17N3O6. The van der Waals surface area contributed by atoms with Gasteiger partial charge in [-0.2, -0.15) is 5.26 Å². The standard InChI is InChI=1S/C23H17N3O6/c1-31-22-12-18(10-19(14-24)17-8-5-9-20(11-17)25(27)28)21(26(29)30)13-23(22)32-15-16-6-3-2-4-7-16/h2-13H,15H2,1H3. The molecule has 3 aromatic rings. The monoisotopic (exact) mass is 431 g/mol. The smallest absolute Gasteiger partial charge is 0.280 e. The summed E-state index contributed by atoms with van der Waals surface area (Å²) >= 11 is 0. The maximum absolute atomic E-state index is 11.7. The highest BCUT2D eigenvalue weighted by molar-refractivity contribution is 5.92. The van der Waals surface area contributed by atoms with Crippen molar-refractivity contribution in [1.82, 2.24) is 0 Å². The van der Waals surface area contributed by atoms with Crippen LogP contribution in [0.4, 0.5) is 11.4 Å². The van der Waals surface area contributed by atoms with Crippen LogP contribution in [0.25, 0.3) is 11.6 Å². The van der Waals surface area contributed by atoms with Crippen LogP contribution in [0.1, 0.15) is 16.7 Å². The number of nitrogens with zero attached hydrogens (tertiary/aromatic N) is 3. The van der Waals surface area contributed by atoms with Crippen molar-refractivity contribution in [3.05, 3.63) is 104 Å². The third kappa shape index (κ3) is 5.06. The molecule has 0 aliphatic heterocycles. The maximum atomic E-state index is 11.7. The Hall–Kier alpha value is -4.71. The van der Waals surface area contributed by atoms with E-state index in [1.54, 1.807) is 0 Å². The van der Waals surface area contributed by atoms with Gasteiger partial charge in [0.05, 0.1) is 40.2 Å². The van der Waals surface area contributed by atoms with Crippen molar-refractivity contribution < 1.29 is 19.3 Å². The summed E-state index contributed by atoms with van der Waals surface area (Å²) in [6.07, 6.45) is 1.29. The lowest BCUT2D eigenvalue weighted by Crippen LogP contribution is -2.00. The van der Waals surface area contributed by atoms with Gasteiger partial charge >= 0.3 is 0 Å². The van der Waals surface area contributed by atoms with Crippen LogP contribution >= 0.6 is 0 Å². The molecule has 0 bridgehead atoms. The number of allylic oxidation sites excluding steroid dienone is 1. The molecule has 0 saturated carbocycles. The summed E-state index contributed by atoms with van der Waals surface area (Å²) in [7, 11) is 1.40. The van der Waals surface area contributed by atoms with E-state index in [-0.39, 0.29) is 46.2 Å². The SMILES string of the molecule is COc1cc(C=C(C#N)c2cccc([N+](=O)[O-])c2)c([N+](=O)[O-])cc1OCc1ccccc1. The second kappa shape index (κ2) is 9.86. The Kier molecular flexibility index (Phi) is 6.78. The molecule has 0 N–H and O–H groups in total. The average Bonchev–Trinajstić information content (AvgIpc) is 2.81. The fraction of sp³-hybridized carbons (Fsp3) is 0.0870. The van der Waals surface area contributed by atoms with Gasteiger partial charge in [-0.15, -0.1) is 0 Å². The largest absolute Gasteiger partial charge is 0.493 e. The number of hydrogen-bond acceptors (Lipinski definition) is 7. The van der Waals surface area contributed by atoms with E-state index in [0.717, 1.165) is 5.56 Å². The van der Waals surface area contributed by atoms with Gasteiger partial charge in [-0.25, -0.2) is 0 Å². The van der Waals surface area contributed by atoms with Gasteiger partial charge in [0.2, 0.25) is 0 Å². The highest BCUT2D eigenvalue weighted by Crippen LogP contribution is 2.37. The molecule has 0 saturated heterocycles. The van der Waals surface area contributed by atoms with Gasteiger partial charge in [0.15, 0.2) is 11.5 Å². The van der Waals surface area contributed by atoms with Crippen molar-refractivity contribution in [3.63, 3.8) is 0 Å².